The van der Waals surface area contributed by atoms with Gasteiger partial charge in [0.25, 0.3) is 0 Å². The van der Waals surface area contributed by atoms with Gasteiger partial charge in [-0.05, 0) is 52.6 Å². The van der Waals surface area contributed by atoms with Crippen LogP contribution in [0.5, 0.6) is 0 Å². The zero-order valence-electron chi connectivity index (χ0n) is 25.6. The second-order valence-electron chi connectivity index (χ2n) is 6.96. The minimum absolute atomic E-state index is 0. The molecule has 16 N–H and O–H groups in total. The SMILES string of the molecule is C.C.C.CC.CC.CC.CN.CN.N.O.O.O.O=C(O)C1CCCC1.O=C(O)C1CCCC1.O=C(O)C1CCCC1. The summed E-state index contributed by atoms with van der Waals surface area (Å²) in [6, 6.07) is 0. The molecule has 0 amide bonds. The number of carbonyl (C=O) groups is 3. The Morgan fingerprint density at radius 3 is 0.585 bits per heavy atom. The first-order valence-electron chi connectivity index (χ1n) is 13.3. The normalized spacial score (nSPS) is 13.3. The Labute approximate surface area is 254 Å². The Hall–Kier alpha value is -1.83. The summed E-state index contributed by atoms with van der Waals surface area (Å²) in [6.45, 7) is 12.0. The van der Waals surface area contributed by atoms with Crippen molar-refractivity contribution in [3.8, 4) is 0 Å². The highest BCUT2D eigenvalue weighted by Crippen LogP contribution is 2.25. The Morgan fingerprint density at radius 1 is 0.439 bits per heavy atom. The maximum absolute atomic E-state index is 10.2. The fourth-order valence-corrected chi connectivity index (χ4v) is 3.52. The highest BCUT2D eigenvalue weighted by molar-refractivity contribution is 5.70. The number of carboxylic acids is 3. The Balaban J connectivity index is -0.0000000248. The Morgan fingerprint density at radius 2 is 0.537 bits per heavy atom. The van der Waals surface area contributed by atoms with Crippen molar-refractivity contribution >= 4 is 17.9 Å². The van der Waals surface area contributed by atoms with Crippen LogP contribution in [0.1, 0.15) is 141 Å². The van der Waals surface area contributed by atoms with E-state index >= 15 is 0 Å². The molecule has 41 heavy (non-hydrogen) atoms. The van der Waals surface area contributed by atoms with E-state index in [1.165, 1.54) is 14.1 Å². The van der Waals surface area contributed by atoms with Gasteiger partial charge in [0.15, 0.2) is 0 Å². The summed E-state index contributed by atoms with van der Waals surface area (Å²) in [6.07, 6.45) is 12.0. The molecular weight excluding hydrogens is 534 g/mol. The van der Waals surface area contributed by atoms with E-state index in [-0.39, 0.29) is 62.6 Å². The molecular formula is C29H79N3O9. The van der Waals surface area contributed by atoms with E-state index < -0.39 is 17.9 Å². The number of hydrogen-bond donors (Lipinski definition) is 6. The molecule has 0 aromatic heterocycles. The molecule has 0 bridgehead atoms. The molecule has 0 radical (unpaired) electrons. The maximum atomic E-state index is 10.2. The van der Waals surface area contributed by atoms with Crippen LogP contribution in [0.2, 0.25) is 0 Å². The minimum Gasteiger partial charge on any atom is -0.481 e. The largest absolute Gasteiger partial charge is 0.481 e. The van der Waals surface area contributed by atoms with E-state index in [1.54, 1.807) is 0 Å². The average molecular weight is 614 g/mol. The number of nitrogens with two attached hydrogens (primary N) is 2. The van der Waals surface area contributed by atoms with E-state index in [0.29, 0.717) is 0 Å². The lowest BCUT2D eigenvalue weighted by molar-refractivity contribution is -0.142. The summed E-state index contributed by atoms with van der Waals surface area (Å²) in [7, 11) is 3.00. The van der Waals surface area contributed by atoms with E-state index in [1.807, 2.05) is 41.5 Å². The second-order valence-corrected chi connectivity index (χ2v) is 6.96. The van der Waals surface area contributed by atoms with Gasteiger partial charge in [-0.15, -0.1) is 0 Å². The predicted molar refractivity (Wildman–Crippen MR) is 179 cm³/mol. The molecule has 3 aliphatic rings. The first-order valence-corrected chi connectivity index (χ1v) is 13.3. The van der Waals surface area contributed by atoms with Crippen molar-refractivity contribution in [2.45, 2.75) is 141 Å². The lowest BCUT2D eigenvalue weighted by Crippen LogP contribution is -2.07. The maximum Gasteiger partial charge on any atom is 0.306 e. The van der Waals surface area contributed by atoms with Gasteiger partial charge in [-0.1, -0.05) is 102 Å². The van der Waals surface area contributed by atoms with Crippen LogP contribution in [0.25, 0.3) is 0 Å². The molecule has 264 valence electrons. The molecule has 3 saturated carbocycles. The van der Waals surface area contributed by atoms with Gasteiger partial charge in [0, 0.05) is 0 Å². The summed E-state index contributed by atoms with van der Waals surface area (Å²) in [5.41, 5.74) is 9.00. The topological polar surface area (TPSA) is 293 Å². The highest BCUT2D eigenvalue weighted by atomic mass is 16.4. The van der Waals surface area contributed by atoms with Crippen molar-refractivity contribution in [1.29, 1.82) is 0 Å². The number of hydrogen-bond acceptors (Lipinski definition) is 6. The van der Waals surface area contributed by atoms with E-state index in [2.05, 4.69) is 11.5 Å². The van der Waals surface area contributed by atoms with Gasteiger partial charge >= 0.3 is 17.9 Å². The van der Waals surface area contributed by atoms with Crippen LogP contribution >= 0.6 is 0 Å². The molecule has 0 saturated heterocycles. The van der Waals surface area contributed by atoms with Crippen molar-refractivity contribution in [1.82, 2.24) is 6.15 Å². The number of carboxylic acid groups (broad SMARTS) is 3. The number of aliphatic carboxylic acids is 3. The Kier molecular flexibility index (Phi) is 125. The van der Waals surface area contributed by atoms with Crippen LogP contribution in [-0.4, -0.2) is 63.8 Å². The molecule has 0 unspecified atom stereocenters. The summed E-state index contributed by atoms with van der Waals surface area (Å²) in [5.74, 6) is -1.88. The Bertz CT molecular complexity index is 366. The van der Waals surface area contributed by atoms with Gasteiger partial charge in [0.2, 0.25) is 0 Å². The van der Waals surface area contributed by atoms with Crippen LogP contribution in [0.3, 0.4) is 0 Å². The van der Waals surface area contributed by atoms with Crippen molar-refractivity contribution in [2.75, 3.05) is 14.1 Å². The lowest BCUT2D eigenvalue weighted by Gasteiger charge is -1.97. The van der Waals surface area contributed by atoms with Crippen LogP contribution in [0, 0.1) is 17.8 Å². The van der Waals surface area contributed by atoms with Gasteiger partial charge in [-0.25, -0.2) is 0 Å². The van der Waals surface area contributed by atoms with E-state index in [9.17, 15) is 14.4 Å². The van der Waals surface area contributed by atoms with Gasteiger partial charge in [0.05, 0.1) is 17.8 Å². The van der Waals surface area contributed by atoms with Crippen molar-refractivity contribution in [3.63, 3.8) is 0 Å². The first-order chi connectivity index (χ1) is 16.4. The molecule has 3 aliphatic carbocycles. The zero-order valence-corrected chi connectivity index (χ0v) is 25.6. The van der Waals surface area contributed by atoms with E-state index in [0.717, 1.165) is 77.0 Å². The number of rotatable bonds is 3. The third-order valence-corrected chi connectivity index (χ3v) is 5.11. The second kappa shape index (κ2) is 66.5. The van der Waals surface area contributed by atoms with Gasteiger partial charge in [-0.3, -0.25) is 14.4 Å². The molecule has 3 rings (SSSR count). The third-order valence-electron chi connectivity index (χ3n) is 5.11. The molecule has 0 aliphatic heterocycles. The molecule has 12 heteroatoms. The van der Waals surface area contributed by atoms with Crippen molar-refractivity contribution in [2.24, 2.45) is 29.2 Å². The zero-order chi connectivity index (χ0) is 27.9. The first kappa shape index (κ1) is 77.3. The van der Waals surface area contributed by atoms with Crippen LogP contribution < -0.4 is 17.6 Å². The smallest absolute Gasteiger partial charge is 0.306 e. The molecule has 0 aromatic rings. The fraction of sp³-hybridized carbons (Fsp3) is 0.897. The van der Waals surface area contributed by atoms with Crippen molar-refractivity contribution in [3.05, 3.63) is 0 Å². The van der Waals surface area contributed by atoms with Gasteiger partial charge in [0.1, 0.15) is 0 Å². The summed E-state index contributed by atoms with van der Waals surface area (Å²) in [4.78, 5) is 30.6. The average Bonchev–Trinajstić information content (AvgIpc) is 3.69. The highest BCUT2D eigenvalue weighted by Gasteiger charge is 2.22. The van der Waals surface area contributed by atoms with Crippen LogP contribution in [-0.2, 0) is 14.4 Å². The third kappa shape index (κ3) is 51.4. The summed E-state index contributed by atoms with van der Waals surface area (Å²) >= 11 is 0. The molecule has 0 aromatic carbocycles. The van der Waals surface area contributed by atoms with Crippen LogP contribution in [0.4, 0.5) is 0 Å². The fourth-order valence-electron chi connectivity index (χ4n) is 3.52. The molecule has 0 heterocycles. The van der Waals surface area contributed by atoms with E-state index in [4.69, 9.17) is 15.3 Å². The minimum atomic E-state index is -0.609. The van der Waals surface area contributed by atoms with Crippen molar-refractivity contribution < 1.29 is 46.1 Å². The lowest BCUT2D eigenvalue weighted by atomic mass is 10.1. The quantitative estimate of drug-likeness (QED) is 0.230. The molecule has 0 spiro atoms. The standard InChI is InChI=1S/3C6H10O2.3C2H6.2CH5N.3CH4.H3N.3H2O/c3*7-6(8)5-3-1-2-4-5;5*1-2;;;;;;;/h3*5H,1-4H2,(H,7,8);3*1-2H3;2*2H2,1H3;3*1H4;1H3;3*1H2. The van der Waals surface area contributed by atoms with Crippen LogP contribution in [0.15, 0.2) is 0 Å². The molecule has 0 atom stereocenters. The monoisotopic (exact) mass is 614 g/mol. The molecule has 12 nitrogen and oxygen atoms in total. The summed E-state index contributed by atoms with van der Waals surface area (Å²) < 4.78 is 0. The summed E-state index contributed by atoms with van der Waals surface area (Å²) in [5, 5.41) is 25.2. The predicted octanol–water partition coefficient (Wildman–Crippen LogP) is 5.61. The van der Waals surface area contributed by atoms with Gasteiger partial charge < -0.3 is 49.4 Å². The molecule has 3 fully saturated rings. The van der Waals surface area contributed by atoms with Gasteiger partial charge in [-0.2, -0.15) is 0 Å².